The quantitative estimate of drug-likeness (QED) is 0.230. The first-order chi connectivity index (χ1) is 23.9. The predicted molar refractivity (Wildman–Crippen MR) is 183 cm³/mol. The van der Waals surface area contributed by atoms with Crippen molar-refractivity contribution in [1.82, 2.24) is 9.47 Å². The zero-order valence-corrected chi connectivity index (χ0v) is 28.0. The van der Waals surface area contributed by atoms with E-state index in [1.54, 1.807) is 37.3 Å². The molecule has 1 aromatic heterocycles. The minimum absolute atomic E-state index is 0.0563. The van der Waals surface area contributed by atoms with Crippen LogP contribution in [-0.4, -0.2) is 61.0 Å². The van der Waals surface area contributed by atoms with Crippen LogP contribution >= 0.6 is 11.3 Å². The van der Waals surface area contributed by atoms with Crippen LogP contribution in [0, 0.1) is 0 Å². The van der Waals surface area contributed by atoms with Crippen LogP contribution < -0.4 is 33.8 Å². The molecule has 0 spiro atoms. The van der Waals surface area contributed by atoms with Crippen molar-refractivity contribution in [2.24, 2.45) is 4.99 Å². The summed E-state index contributed by atoms with van der Waals surface area (Å²) in [6, 6.07) is 19.3. The van der Waals surface area contributed by atoms with E-state index < -0.39 is 12.0 Å². The largest absolute Gasteiger partial charge is 0.490 e. The van der Waals surface area contributed by atoms with Gasteiger partial charge in [-0.3, -0.25) is 14.2 Å². The highest BCUT2D eigenvalue weighted by Crippen LogP contribution is 2.40. The Kier molecular flexibility index (Phi) is 9.21. The van der Waals surface area contributed by atoms with Gasteiger partial charge in [0, 0.05) is 18.7 Å². The second kappa shape index (κ2) is 14.0. The van der Waals surface area contributed by atoms with Crippen molar-refractivity contribution in [2.45, 2.75) is 32.7 Å². The first-order valence-corrected chi connectivity index (χ1v) is 17.1. The van der Waals surface area contributed by atoms with E-state index in [1.165, 1.54) is 15.9 Å². The number of ether oxygens (including phenoxy) is 5. The van der Waals surface area contributed by atoms with Crippen LogP contribution in [-0.2, 0) is 14.3 Å². The summed E-state index contributed by atoms with van der Waals surface area (Å²) < 4.78 is 30.5. The second-order valence-electron chi connectivity index (χ2n) is 11.6. The lowest BCUT2D eigenvalue weighted by Crippen LogP contribution is -2.40. The fourth-order valence-electron chi connectivity index (χ4n) is 6.19. The summed E-state index contributed by atoms with van der Waals surface area (Å²) in [6.45, 7) is 5.65. The smallest absolute Gasteiger partial charge is 0.338 e. The van der Waals surface area contributed by atoms with Gasteiger partial charge in [0.2, 0.25) is 6.79 Å². The maximum absolute atomic E-state index is 14.3. The van der Waals surface area contributed by atoms with Gasteiger partial charge in [-0.25, -0.2) is 9.79 Å². The van der Waals surface area contributed by atoms with Crippen molar-refractivity contribution < 1.29 is 33.3 Å². The number of esters is 1. The van der Waals surface area contributed by atoms with Crippen LogP contribution in [0.3, 0.4) is 0 Å². The molecule has 4 heterocycles. The molecule has 0 saturated carbocycles. The SMILES string of the molecule is CCOC(=O)C1=C(c2ccccc2)N=c2s/c(=C/c3ccc(OCC(=O)N4CCCC4)c(OCC)c3)c(=O)n2[C@@H]1c1ccc2c(c1)OCO2. The van der Waals surface area contributed by atoms with Gasteiger partial charge >= 0.3 is 5.97 Å². The Balaban J connectivity index is 1.33. The third kappa shape index (κ3) is 6.43. The maximum atomic E-state index is 14.3. The van der Waals surface area contributed by atoms with Gasteiger partial charge in [0.15, 0.2) is 34.4 Å². The number of carbonyl (C=O) groups excluding carboxylic acids is 2. The summed E-state index contributed by atoms with van der Waals surface area (Å²) in [6.07, 6.45) is 3.77. The molecule has 3 aliphatic rings. The van der Waals surface area contributed by atoms with Crippen molar-refractivity contribution in [1.29, 1.82) is 0 Å². The lowest BCUT2D eigenvalue weighted by atomic mass is 9.93. The van der Waals surface area contributed by atoms with E-state index in [4.69, 9.17) is 28.7 Å². The molecule has 49 heavy (non-hydrogen) atoms. The molecular weight excluding hydrogens is 646 g/mol. The molecule has 1 amide bonds. The fraction of sp³-hybridized carbons (Fsp3) is 0.297. The zero-order chi connectivity index (χ0) is 33.9. The molecule has 1 fully saturated rings. The molecule has 0 radical (unpaired) electrons. The van der Waals surface area contributed by atoms with Crippen LogP contribution in [0.25, 0.3) is 11.8 Å². The van der Waals surface area contributed by atoms with Crippen molar-refractivity contribution >= 4 is 35.0 Å². The highest BCUT2D eigenvalue weighted by molar-refractivity contribution is 7.07. The Morgan fingerprint density at radius 3 is 2.51 bits per heavy atom. The Hall–Kier alpha value is -5.36. The standard InChI is InChI=1S/C37H35N3O8S/c1-3-44-28-18-23(12-14-26(28)46-21-31(41)39-16-8-9-17-39)19-30-35(42)40-34(25-13-15-27-29(20-25)48-22-47-27)32(36(43)45-4-2)33(38-37(40)49-30)24-10-6-5-7-11-24/h5-7,10-15,18-20,34H,3-4,8-9,16-17,21-22H2,1-2H3/b30-19+/t34-/m1/s1. The summed E-state index contributed by atoms with van der Waals surface area (Å²) in [7, 11) is 0. The molecule has 1 saturated heterocycles. The van der Waals surface area contributed by atoms with Crippen LogP contribution in [0.1, 0.15) is 49.4 Å². The molecule has 252 valence electrons. The van der Waals surface area contributed by atoms with Crippen LogP contribution in [0.5, 0.6) is 23.0 Å². The third-order valence-corrected chi connectivity index (χ3v) is 9.44. The van der Waals surface area contributed by atoms with Crippen molar-refractivity contribution in [3.8, 4) is 23.0 Å². The number of aromatic nitrogens is 1. The van der Waals surface area contributed by atoms with Gasteiger partial charge in [0.1, 0.15) is 0 Å². The molecule has 1 atom stereocenters. The lowest BCUT2D eigenvalue weighted by molar-refractivity contribution is -0.139. The van der Waals surface area contributed by atoms with Gasteiger partial charge in [0.25, 0.3) is 11.5 Å². The number of hydrogen-bond acceptors (Lipinski definition) is 10. The minimum Gasteiger partial charge on any atom is -0.490 e. The number of hydrogen-bond donors (Lipinski definition) is 0. The van der Waals surface area contributed by atoms with Gasteiger partial charge in [-0.15, -0.1) is 0 Å². The number of likely N-dealkylation sites (tertiary alicyclic amines) is 1. The summed E-state index contributed by atoms with van der Waals surface area (Å²) in [5.41, 5.74) is 2.41. The number of nitrogens with zero attached hydrogens (tertiary/aromatic N) is 3. The number of benzene rings is 3. The lowest BCUT2D eigenvalue weighted by Gasteiger charge is -2.26. The van der Waals surface area contributed by atoms with Crippen molar-refractivity contribution in [3.63, 3.8) is 0 Å². The Morgan fingerprint density at radius 1 is 0.939 bits per heavy atom. The number of amides is 1. The minimum atomic E-state index is -0.856. The summed E-state index contributed by atoms with van der Waals surface area (Å²) in [5.74, 6) is 1.39. The van der Waals surface area contributed by atoms with E-state index in [0.717, 1.165) is 25.9 Å². The first kappa shape index (κ1) is 32.2. The molecule has 0 unspecified atom stereocenters. The molecule has 0 bridgehead atoms. The highest BCUT2D eigenvalue weighted by atomic mass is 32.1. The number of carbonyl (C=O) groups is 2. The third-order valence-electron chi connectivity index (χ3n) is 8.46. The average molecular weight is 682 g/mol. The molecule has 12 heteroatoms. The topological polar surface area (TPSA) is 118 Å². The van der Waals surface area contributed by atoms with Crippen molar-refractivity contribution in [3.05, 3.63) is 109 Å². The zero-order valence-electron chi connectivity index (χ0n) is 27.2. The molecular formula is C37H35N3O8S. The predicted octanol–water partition coefficient (Wildman–Crippen LogP) is 4.06. The van der Waals surface area contributed by atoms with Gasteiger partial charge < -0.3 is 28.6 Å². The number of thiazole rings is 1. The Labute approximate surface area is 286 Å². The molecule has 11 nitrogen and oxygen atoms in total. The fourth-order valence-corrected chi connectivity index (χ4v) is 7.19. The molecule has 0 N–H and O–H groups in total. The van der Waals surface area contributed by atoms with E-state index in [1.807, 2.05) is 54.3 Å². The van der Waals surface area contributed by atoms with Crippen molar-refractivity contribution in [2.75, 3.05) is 39.7 Å². The van der Waals surface area contributed by atoms with Crippen LogP contribution in [0.2, 0.25) is 0 Å². The normalized spacial score (nSPS) is 16.7. The monoisotopic (exact) mass is 681 g/mol. The summed E-state index contributed by atoms with van der Waals surface area (Å²) >= 11 is 1.22. The van der Waals surface area contributed by atoms with E-state index in [-0.39, 0.29) is 37.0 Å². The van der Waals surface area contributed by atoms with Gasteiger partial charge in [-0.2, -0.15) is 0 Å². The molecule has 3 aromatic carbocycles. The van der Waals surface area contributed by atoms with Gasteiger partial charge in [0.05, 0.1) is 35.1 Å². The number of fused-ring (bicyclic) bond motifs is 2. The van der Waals surface area contributed by atoms with Crippen LogP contribution in [0.15, 0.2) is 82.1 Å². The van der Waals surface area contributed by atoms with Gasteiger partial charge in [-0.05, 0) is 68.2 Å². The second-order valence-corrected chi connectivity index (χ2v) is 12.6. The molecule has 0 aliphatic carbocycles. The van der Waals surface area contributed by atoms with Crippen LogP contribution in [0.4, 0.5) is 0 Å². The average Bonchev–Trinajstić information content (AvgIpc) is 3.89. The van der Waals surface area contributed by atoms with E-state index >= 15 is 0 Å². The molecule has 7 rings (SSSR count). The number of rotatable bonds is 10. The maximum Gasteiger partial charge on any atom is 0.338 e. The summed E-state index contributed by atoms with van der Waals surface area (Å²) in [5, 5.41) is 0. The van der Waals surface area contributed by atoms with E-state index in [0.29, 0.717) is 61.3 Å². The first-order valence-electron chi connectivity index (χ1n) is 16.3. The van der Waals surface area contributed by atoms with E-state index in [9.17, 15) is 14.4 Å². The summed E-state index contributed by atoms with van der Waals surface area (Å²) in [4.78, 5) is 47.8. The Bertz CT molecular complexity index is 2110. The van der Waals surface area contributed by atoms with E-state index in [2.05, 4.69) is 0 Å². The molecule has 3 aliphatic heterocycles. The molecule has 4 aromatic rings. The highest BCUT2D eigenvalue weighted by Gasteiger charge is 2.36. The Morgan fingerprint density at radius 2 is 1.73 bits per heavy atom. The van der Waals surface area contributed by atoms with Gasteiger partial charge in [-0.1, -0.05) is 53.8 Å².